The number of carbonyl (C=O) groups excluding carboxylic acids is 2. The molecule has 6 heteroatoms. The van der Waals surface area contributed by atoms with Crippen LogP contribution in [0.3, 0.4) is 0 Å². The van der Waals surface area contributed by atoms with Gasteiger partial charge in [0.1, 0.15) is 0 Å². The molecular formula is C18H11NO4S. The van der Waals surface area contributed by atoms with Crippen LogP contribution in [0.2, 0.25) is 0 Å². The number of aromatic nitrogens is 1. The fraction of sp³-hybridized carbons (Fsp3) is 0. The van der Waals surface area contributed by atoms with Crippen LogP contribution in [-0.4, -0.2) is 24.0 Å². The fourth-order valence-corrected chi connectivity index (χ4v) is 4.27. The minimum Gasteiger partial charge on any atom is -0.289 e. The van der Waals surface area contributed by atoms with Crippen molar-refractivity contribution in [3.63, 3.8) is 0 Å². The van der Waals surface area contributed by atoms with Gasteiger partial charge in [0, 0.05) is 22.7 Å². The van der Waals surface area contributed by atoms with Gasteiger partial charge in [-0.15, -0.1) is 0 Å². The molecule has 0 saturated heterocycles. The van der Waals surface area contributed by atoms with E-state index in [1.54, 1.807) is 30.3 Å². The molecule has 4 rings (SSSR count). The number of allylic oxidation sites excluding steroid dienone is 2. The van der Waals surface area contributed by atoms with Gasteiger partial charge in [0.15, 0.2) is 11.6 Å². The molecule has 3 aromatic rings. The van der Waals surface area contributed by atoms with Crippen molar-refractivity contribution in [3.05, 3.63) is 78.0 Å². The standard InChI is InChI=1S/C18H11NO4S/c20-16-8-9-17(21)18-13-10-11-19(15(13)7-6-14(16)18)24(22,23)12-4-2-1-3-5-12/h1-11H. The Hall–Kier alpha value is -2.99. The van der Waals surface area contributed by atoms with E-state index in [0.29, 0.717) is 16.5 Å². The molecule has 1 aliphatic carbocycles. The molecule has 0 fully saturated rings. The van der Waals surface area contributed by atoms with E-state index in [1.165, 1.54) is 36.5 Å². The highest BCUT2D eigenvalue weighted by Crippen LogP contribution is 2.29. The predicted octanol–water partition coefficient (Wildman–Crippen LogP) is 2.81. The van der Waals surface area contributed by atoms with Gasteiger partial charge in [0.2, 0.25) is 0 Å². The normalized spacial score (nSPS) is 14.2. The van der Waals surface area contributed by atoms with Gasteiger partial charge in [-0.1, -0.05) is 18.2 Å². The van der Waals surface area contributed by atoms with Crippen molar-refractivity contribution in [2.45, 2.75) is 4.90 Å². The van der Waals surface area contributed by atoms with E-state index < -0.39 is 10.0 Å². The van der Waals surface area contributed by atoms with E-state index in [2.05, 4.69) is 0 Å². The molecule has 0 aliphatic heterocycles. The first-order valence-electron chi connectivity index (χ1n) is 7.21. The summed E-state index contributed by atoms with van der Waals surface area (Å²) in [4.78, 5) is 24.3. The van der Waals surface area contributed by atoms with Crippen LogP contribution in [0.15, 0.2) is 71.8 Å². The summed E-state index contributed by atoms with van der Waals surface area (Å²) in [5.41, 5.74) is 0.918. The Labute approximate surface area is 137 Å². The highest BCUT2D eigenvalue weighted by Gasteiger charge is 2.25. The Morgan fingerprint density at radius 3 is 2.25 bits per heavy atom. The number of ketones is 2. The van der Waals surface area contributed by atoms with Crippen LogP contribution < -0.4 is 0 Å². The number of hydrogen-bond donors (Lipinski definition) is 0. The largest absolute Gasteiger partial charge is 0.289 e. The molecule has 24 heavy (non-hydrogen) atoms. The maximum absolute atomic E-state index is 12.8. The van der Waals surface area contributed by atoms with Gasteiger partial charge in [-0.05, 0) is 42.5 Å². The van der Waals surface area contributed by atoms with E-state index in [9.17, 15) is 18.0 Å². The van der Waals surface area contributed by atoms with Gasteiger partial charge in [0.25, 0.3) is 10.0 Å². The number of benzene rings is 2. The van der Waals surface area contributed by atoms with Crippen molar-refractivity contribution in [3.8, 4) is 0 Å². The molecule has 0 spiro atoms. The van der Waals surface area contributed by atoms with Crippen LogP contribution in [0.5, 0.6) is 0 Å². The number of nitrogens with zero attached hydrogens (tertiary/aromatic N) is 1. The zero-order valence-corrected chi connectivity index (χ0v) is 13.2. The second-order valence-corrected chi connectivity index (χ2v) is 7.23. The average Bonchev–Trinajstić information content (AvgIpc) is 3.03. The molecule has 5 nitrogen and oxygen atoms in total. The third kappa shape index (κ3) is 1.97. The van der Waals surface area contributed by atoms with E-state index in [0.717, 1.165) is 3.97 Å². The third-order valence-electron chi connectivity index (χ3n) is 4.03. The summed E-state index contributed by atoms with van der Waals surface area (Å²) in [5.74, 6) is -0.560. The number of rotatable bonds is 2. The quantitative estimate of drug-likeness (QED) is 0.721. The lowest BCUT2D eigenvalue weighted by atomic mass is 9.92. The first kappa shape index (κ1) is 14.6. The van der Waals surface area contributed by atoms with E-state index in [4.69, 9.17) is 0 Å². The first-order valence-corrected chi connectivity index (χ1v) is 8.65. The van der Waals surface area contributed by atoms with Crippen molar-refractivity contribution in [2.24, 2.45) is 0 Å². The summed E-state index contributed by atoms with van der Waals surface area (Å²) < 4.78 is 26.8. The van der Waals surface area contributed by atoms with E-state index in [1.807, 2.05) is 0 Å². The molecule has 118 valence electrons. The van der Waals surface area contributed by atoms with Crippen LogP contribution in [0.25, 0.3) is 10.9 Å². The van der Waals surface area contributed by atoms with Crippen LogP contribution >= 0.6 is 0 Å². The van der Waals surface area contributed by atoms with Crippen LogP contribution in [0.1, 0.15) is 20.7 Å². The Morgan fingerprint density at radius 1 is 0.792 bits per heavy atom. The van der Waals surface area contributed by atoms with E-state index >= 15 is 0 Å². The summed E-state index contributed by atoms with van der Waals surface area (Å²) in [6.45, 7) is 0. The van der Waals surface area contributed by atoms with Gasteiger partial charge in [-0.25, -0.2) is 12.4 Å². The molecule has 0 amide bonds. The Balaban J connectivity index is 2.00. The van der Waals surface area contributed by atoms with Gasteiger partial charge in [-0.2, -0.15) is 0 Å². The summed E-state index contributed by atoms with van der Waals surface area (Å²) in [5, 5.41) is 0.453. The van der Waals surface area contributed by atoms with Gasteiger partial charge >= 0.3 is 0 Å². The third-order valence-corrected chi connectivity index (χ3v) is 5.74. The predicted molar refractivity (Wildman–Crippen MR) is 88.8 cm³/mol. The van der Waals surface area contributed by atoms with Crippen molar-refractivity contribution in [2.75, 3.05) is 0 Å². The Morgan fingerprint density at radius 2 is 1.50 bits per heavy atom. The lowest BCUT2D eigenvalue weighted by Gasteiger charge is -2.12. The molecular weight excluding hydrogens is 326 g/mol. The zero-order valence-electron chi connectivity index (χ0n) is 12.3. The molecule has 2 aromatic carbocycles. The molecule has 1 heterocycles. The van der Waals surface area contributed by atoms with Crippen molar-refractivity contribution < 1.29 is 18.0 Å². The summed E-state index contributed by atoms with van der Waals surface area (Å²) in [7, 11) is -3.78. The topological polar surface area (TPSA) is 73.2 Å². The van der Waals surface area contributed by atoms with Crippen molar-refractivity contribution in [1.82, 2.24) is 3.97 Å². The monoisotopic (exact) mass is 337 g/mol. The van der Waals surface area contributed by atoms with Crippen molar-refractivity contribution in [1.29, 1.82) is 0 Å². The second-order valence-electron chi connectivity index (χ2n) is 5.41. The fourth-order valence-electron chi connectivity index (χ4n) is 2.90. The Bertz CT molecular complexity index is 1140. The van der Waals surface area contributed by atoms with Gasteiger partial charge in [0.05, 0.1) is 10.4 Å². The van der Waals surface area contributed by atoms with Crippen LogP contribution in [0, 0.1) is 0 Å². The molecule has 0 saturated carbocycles. The SMILES string of the molecule is O=C1C=CC(=O)c2c1ccc1c2ccn1S(=O)(=O)c1ccccc1. The molecule has 0 radical (unpaired) electrons. The Kier molecular flexibility index (Phi) is 3.04. The number of hydrogen-bond acceptors (Lipinski definition) is 4. The minimum atomic E-state index is -3.78. The molecule has 1 aromatic heterocycles. The lowest BCUT2D eigenvalue weighted by Crippen LogP contribution is -2.14. The van der Waals surface area contributed by atoms with Crippen LogP contribution in [0.4, 0.5) is 0 Å². The maximum Gasteiger partial charge on any atom is 0.268 e. The molecule has 0 atom stereocenters. The van der Waals surface area contributed by atoms with Gasteiger partial charge < -0.3 is 0 Å². The molecule has 1 aliphatic rings. The number of fused-ring (bicyclic) bond motifs is 3. The minimum absolute atomic E-state index is 0.155. The second kappa shape index (κ2) is 5.01. The molecule has 0 unspecified atom stereocenters. The highest BCUT2D eigenvalue weighted by molar-refractivity contribution is 7.90. The zero-order chi connectivity index (χ0) is 16.9. The smallest absolute Gasteiger partial charge is 0.268 e. The molecule has 0 bridgehead atoms. The highest BCUT2D eigenvalue weighted by atomic mass is 32.2. The first-order chi connectivity index (χ1) is 11.5. The molecule has 0 N–H and O–H groups in total. The van der Waals surface area contributed by atoms with E-state index in [-0.39, 0.29) is 22.0 Å². The summed E-state index contributed by atoms with van der Waals surface area (Å²) in [6, 6.07) is 12.7. The van der Waals surface area contributed by atoms with Crippen molar-refractivity contribution >= 4 is 32.5 Å². The maximum atomic E-state index is 12.8. The summed E-state index contributed by atoms with van der Waals surface area (Å²) >= 11 is 0. The number of carbonyl (C=O) groups is 2. The summed E-state index contributed by atoms with van der Waals surface area (Å²) in [6.07, 6.45) is 3.85. The van der Waals surface area contributed by atoms with Crippen LogP contribution in [-0.2, 0) is 10.0 Å². The average molecular weight is 337 g/mol. The van der Waals surface area contributed by atoms with Gasteiger partial charge in [-0.3, -0.25) is 9.59 Å². The lowest BCUT2D eigenvalue weighted by molar-refractivity contribution is 0.0995.